The Morgan fingerprint density at radius 3 is 2.83 bits per heavy atom. The number of phenols is 1. The van der Waals surface area contributed by atoms with Gasteiger partial charge in [0, 0.05) is 17.8 Å². The third-order valence-electron chi connectivity index (χ3n) is 2.55. The molecular weight excluding hydrogens is 228 g/mol. The molecule has 0 bridgehead atoms. The highest BCUT2D eigenvalue weighted by molar-refractivity contribution is 6.50. The third-order valence-corrected chi connectivity index (χ3v) is 2.55. The number of nitrogens with two attached hydrogens (primary N) is 2. The van der Waals surface area contributed by atoms with Crippen LogP contribution in [0, 0.1) is 5.41 Å². The fraction of sp³-hybridized carbons (Fsp3) is 0.0769. The van der Waals surface area contributed by atoms with Gasteiger partial charge in [0.1, 0.15) is 5.71 Å². The van der Waals surface area contributed by atoms with Crippen molar-refractivity contribution in [3.05, 3.63) is 42.0 Å². The van der Waals surface area contributed by atoms with Crippen LogP contribution in [0.4, 0.5) is 11.4 Å². The summed E-state index contributed by atoms with van der Waals surface area (Å²) >= 11 is 0. The Morgan fingerprint density at radius 2 is 2.11 bits per heavy atom. The number of allylic oxidation sites excluding steroid dienone is 4. The van der Waals surface area contributed by atoms with Gasteiger partial charge in [0.25, 0.3) is 0 Å². The molecule has 1 aromatic rings. The lowest BCUT2D eigenvalue weighted by atomic mass is 10.1. The molecule has 0 unspecified atom stereocenters. The minimum atomic E-state index is 0.0814. The summed E-state index contributed by atoms with van der Waals surface area (Å²) in [5, 5.41) is 21.6. The largest absolute Gasteiger partial charge is 0.503 e. The van der Waals surface area contributed by atoms with E-state index in [1.165, 1.54) is 11.5 Å². The Morgan fingerprint density at radius 1 is 1.33 bits per heavy atom. The molecule has 92 valence electrons. The fourth-order valence-corrected chi connectivity index (χ4v) is 1.56. The second-order valence-electron chi connectivity index (χ2n) is 4.10. The van der Waals surface area contributed by atoms with E-state index in [0.717, 1.165) is 5.57 Å². The monoisotopic (exact) mass is 243 g/mol. The molecule has 0 amide bonds. The average molecular weight is 243 g/mol. The lowest BCUT2D eigenvalue weighted by Gasteiger charge is -2.05. The van der Waals surface area contributed by atoms with E-state index in [1.807, 2.05) is 19.1 Å². The van der Waals surface area contributed by atoms with Crippen molar-refractivity contribution in [2.45, 2.75) is 6.92 Å². The first-order valence-corrected chi connectivity index (χ1v) is 5.51. The molecule has 2 rings (SSSR count). The number of phenolic OH excluding ortho intramolecular Hbond substituents is 1. The third kappa shape index (κ3) is 2.64. The molecule has 0 radical (unpaired) electrons. The normalized spacial score (nSPS) is 17.1. The molecule has 6 N–H and O–H groups in total. The van der Waals surface area contributed by atoms with Crippen LogP contribution in [0.1, 0.15) is 6.92 Å². The standard InChI is InChI=1S/C13H14N4O/c1-8-2-4-10(15)12(6-8)17-16-11-5-3-9(14)7-13(11)18/h2-7,15-16,18H,14H2,1H3/p+1/b15-10?,17-12-. The molecule has 0 saturated heterocycles. The van der Waals surface area contributed by atoms with Gasteiger partial charge in [-0.2, -0.15) is 5.43 Å². The van der Waals surface area contributed by atoms with Crippen molar-refractivity contribution in [2.24, 2.45) is 5.10 Å². The Labute approximate surface area is 105 Å². The summed E-state index contributed by atoms with van der Waals surface area (Å²) in [5.41, 5.74) is 10.1. The van der Waals surface area contributed by atoms with Crippen LogP contribution in [0.15, 0.2) is 47.1 Å². The number of nitrogens with zero attached hydrogens (tertiary/aromatic N) is 1. The Hall–Kier alpha value is -2.40. The molecule has 0 heterocycles. The van der Waals surface area contributed by atoms with Crippen molar-refractivity contribution in [3.8, 4) is 5.75 Å². The Balaban J connectivity index is 2.20. The average Bonchev–Trinajstić information content (AvgIpc) is 2.32. The van der Waals surface area contributed by atoms with E-state index in [9.17, 15) is 5.11 Å². The van der Waals surface area contributed by atoms with Gasteiger partial charge in [0.2, 0.25) is 0 Å². The maximum Gasteiger partial charge on any atom is 0.198 e. The van der Waals surface area contributed by atoms with Gasteiger partial charge in [-0.25, -0.2) is 0 Å². The second-order valence-corrected chi connectivity index (χ2v) is 4.10. The van der Waals surface area contributed by atoms with Gasteiger partial charge in [0.05, 0.1) is 5.71 Å². The number of rotatable bonds is 2. The minimum absolute atomic E-state index is 0.0814. The molecule has 1 aliphatic rings. The molecule has 1 aromatic carbocycles. The SMILES string of the molecule is CC1=C/C(=N/[NH2+]c2ccc(N)cc2O)C(=N)C=C1. The van der Waals surface area contributed by atoms with Crippen LogP contribution >= 0.6 is 0 Å². The molecule has 0 atom stereocenters. The van der Waals surface area contributed by atoms with Crippen LogP contribution in [0.2, 0.25) is 0 Å². The predicted molar refractivity (Wildman–Crippen MR) is 72.2 cm³/mol. The van der Waals surface area contributed by atoms with E-state index in [4.69, 9.17) is 11.1 Å². The van der Waals surface area contributed by atoms with E-state index < -0.39 is 0 Å². The minimum Gasteiger partial charge on any atom is -0.503 e. The molecule has 1 aliphatic carbocycles. The van der Waals surface area contributed by atoms with E-state index in [0.29, 0.717) is 22.8 Å². The molecule has 5 nitrogen and oxygen atoms in total. The first kappa shape index (κ1) is 12.1. The van der Waals surface area contributed by atoms with Crippen molar-refractivity contribution in [1.82, 2.24) is 0 Å². The maximum absolute atomic E-state index is 9.68. The van der Waals surface area contributed by atoms with Gasteiger partial charge < -0.3 is 10.8 Å². The Kier molecular flexibility index (Phi) is 3.25. The van der Waals surface area contributed by atoms with E-state index in [1.54, 1.807) is 18.2 Å². The fourth-order valence-electron chi connectivity index (χ4n) is 1.56. The van der Waals surface area contributed by atoms with Crippen LogP contribution in [0.3, 0.4) is 0 Å². The van der Waals surface area contributed by atoms with Crippen molar-refractivity contribution >= 4 is 22.8 Å². The highest BCUT2D eigenvalue weighted by Crippen LogP contribution is 2.20. The van der Waals surface area contributed by atoms with Crippen LogP contribution in [-0.2, 0) is 0 Å². The van der Waals surface area contributed by atoms with Gasteiger partial charge in [-0.15, -0.1) is 0 Å². The number of aromatic hydroxyl groups is 1. The highest BCUT2D eigenvalue weighted by Gasteiger charge is 2.10. The summed E-state index contributed by atoms with van der Waals surface area (Å²) in [5.74, 6) is 0.0814. The van der Waals surface area contributed by atoms with E-state index >= 15 is 0 Å². The molecule has 5 heteroatoms. The molecule has 18 heavy (non-hydrogen) atoms. The zero-order chi connectivity index (χ0) is 13.1. The van der Waals surface area contributed by atoms with Crippen molar-refractivity contribution in [3.63, 3.8) is 0 Å². The molecule has 0 spiro atoms. The summed E-state index contributed by atoms with van der Waals surface area (Å²) in [6.07, 6.45) is 5.39. The zero-order valence-electron chi connectivity index (χ0n) is 10.0. The first-order valence-electron chi connectivity index (χ1n) is 5.51. The van der Waals surface area contributed by atoms with Crippen LogP contribution < -0.4 is 11.2 Å². The summed E-state index contributed by atoms with van der Waals surface area (Å²) in [6.45, 7) is 1.94. The number of hydrogen-bond acceptors (Lipinski definition) is 4. The number of nitrogen functional groups attached to an aromatic ring is 1. The summed E-state index contributed by atoms with van der Waals surface area (Å²) in [4.78, 5) is 0. The van der Waals surface area contributed by atoms with Gasteiger partial charge in [-0.3, -0.25) is 5.41 Å². The molecule has 0 fully saturated rings. The summed E-state index contributed by atoms with van der Waals surface area (Å²) < 4.78 is 0. The number of hydrogen-bond donors (Lipinski definition) is 4. The molecule has 0 aliphatic heterocycles. The number of anilines is 1. The molecular formula is C13H15N4O+. The molecule has 0 aromatic heterocycles. The lowest BCUT2D eigenvalue weighted by Crippen LogP contribution is -2.71. The lowest BCUT2D eigenvalue weighted by molar-refractivity contribution is -0.577. The highest BCUT2D eigenvalue weighted by atomic mass is 16.3. The quantitative estimate of drug-likeness (QED) is 0.205. The van der Waals surface area contributed by atoms with Crippen LogP contribution in [0.25, 0.3) is 0 Å². The maximum atomic E-state index is 9.68. The van der Waals surface area contributed by atoms with E-state index in [2.05, 4.69) is 5.10 Å². The predicted octanol–water partition coefficient (Wildman–Crippen LogP) is 1.06. The van der Waals surface area contributed by atoms with Crippen LogP contribution in [-0.4, -0.2) is 16.5 Å². The van der Waals surface area contributed by atoms with Gasteiger partial charge >= 0.3 is 0 Å². The summed E-state index contributed by atoms with van der Waals surface area (Å²) in [7, 11) is 0. The van der Waals surface area contributed by atoms with E-state index in [-0.39, 0.29) is 5.75 Å². The Bertz CT molecular complexity index is 585. The van der Waals surface area contributed by atoms with Gasteiger partial charge in [-0.05, 0) is 30.7 Å². The van der Waals surface area contributed by atoms with Crippen LogP contribution in [0.5, 0.6) is 5.75 Å². The van der Waals surface area contributed by atoms with Crippen molar-refractivity contribution < 1.29 is 10.5 Å². The first-order chi connectivity index (χ1) is 8.56. The van der Waals surface area contributed by atoms with Gasteiger partial charge in [0.15, 0.2) is 11.4 Å². The van der Waals surface area contributed by atoms with Gasteiger partial charge in [-0.1, -0.05) is 11.2 Å². The number of nitrogens with one attached hydrogen (secondary N) is 1. The zero-order valence-corrected chi connectivity index (χ0v) is 10.0. The topological polar surface area (TPSA) is 99.1 Å². The van der Waals surface area contributed by atoms with Crippen molar-refractivity contribution in [2.75, 3.05) is 5.73 Å². The number of quaternary nitrogens is 1. The smallest absolute Gasteiger partial charge is 0.198 e. The van der Waals surface area contributed by atoms with Crippen molar-refractivity contribution in [1.29, 1.82) is 5.41 Å². The number of benzene rings is 1. The summed E-state index contributed by atoms with van der Waals surface area (Å²) in [6, 6.07) is 4.85. The molecule has 0 saturated carbocycles. The second kappa shape index (κ2) is 4.85.